The van der Waals surface area contributed by atoms with Crippen molar-refractivity contribution < 1.29 is 9.53 Å². The smallest absolute Gasteiger partial charge is 0.311 e. The van der Waals surface area contributed by atoms with Crippen molar-refractivity contribution in [3.8, 4) is 0 Å². The molecule has 0 spiro atoms. The Balaban J connectivity index is 1.84. The first-order valence-corrected chi connectivity index (χ1v) is 7.43. The van der Waals surface area contributed by atoms with Crippen LogP contribution in [0.4, 0.5) is 0 Å². The number of hydrogen-bond donors (Lipinski definition) is 0. The Hall–Kier alpha value is -0.790. The van der Waals surface area contributed by atoms with Gasteiger partial charge in [-0.1, -0.05) is 19.1 Å². The molecule has 4 fully saturated rings. The number of ether oxygens (including phenoxy) is 1. The molecule has 0 aliphatic heterocycles. The monoisotopic (exact) mass is 248 g/mol. The molecule has 2 atom stereocenters. The third-order valence-electron chi connectivity index (χ3n) is 5.56. The molecule has 0 saturated heterocycles. The molecule has 0 heterocycles. The molecule has 4 bridgehead atoms. The Morgan fingerprint density at radius 1 is 1.28 bits per heavy atom. The van der Waals surface area contributed by atoms with Crippen LogP contribution < -0.4 is 0 Å². The van der Waals surface area contributed by atoms with Gasteiger partial charge in [-0.15, -0.1) is 0 Å². The van der Waals surface area contributed by atoms with E-state index in [1.165, 1.54) is 12.8 Å². The summed E-state index contributed by atoms with van der Waals surface area (Å²) >= 11 is 0. The van der Waals surface area contributed by atoms with E-state index in [1.807, 2.05) is 0 Å². The van der Waals surface area contributed by atoms with Crippen molar-refractivity contribution in [2.24, 2.45) is 29.1 Å². The zero-order chi connectivity index (χ0) is 12.8. The lowest BCUT2D eigenvalue weighted by atomic mass is 9.46. The van der Waals surface area contributed by atoms with E-state index in [1.54, 1.807) is 7.11 Å². The lowest BCUT2D eigenvalue weighted by molar-refractivity contribution is -0.172. The van der Waals surface area contributed by atoms with Gasteiger partial charge in [0.05, 0.1) is 12.5 Å². The minimum Gasteiger partial charge on any atom is -0.469 e. The Kier molecular flexibility index (Phi) is 2.99. The SMILES string of the molecule is CC/C=C\C1C2CC3CC1CC(C(=O)OC)(C3)C2. The third-order valence-corrected chi connectivity index (χ3v) is 5.56. The maximum atomic E-state index is 12.1. The molecule has 4 saturated carbocycles. The van der Waals surface area contributed by atoms with Crippen LogP contribution in [0.25, 0.3) is 0 Å². The highest BCUT2D eigenvalue weighted by atomic mass is 16.5. The fourth-order valence-electron chi connectivity index (χ4n) is 5.14. The number of rotatable bonds is 3. The van der Waals surface area contributed by atoms with Gasteiger partial charge in [0, 0.05) is 0 Å². The zero-order valence-corrected chi connectivity index (χ0v) is 11.5. The molecule has 2 heteroatoms. The summed E-state index contributed by atoms with van der Waals surface area (Å²) in [4.78, 5) is 12.1. The summed E-state index contributed by atoms with van der Waals surface area (Å²) in [5, 5.41) is 0. The summed E-state index contributed by atoms with van der Waals surface area (Å²) in [6, 6.07) is 0. The second-order valence-electron chi connectivity index (χ2n) is 6.66. The fraction of sp³-hybridized carbons (Fsp3) is 0.812. The first kappa shape index (κ1) is 12.3. The quantitative estimate of drug-likeness (QED) is 0.564. The minimum absolute atomic E-state index is 0.0693. The van der Waals surface area contributed by atoms with Gasteiger partial charge in [0.25, 0.3) is 0 Å². The van der Waals surface area contributed by atoms with Gasteiger partial charge in [0.2, 0.25) is 0 Å². The zero-order valence-electron chi connectivity index (χ0n) is 11.5. The molecule has 4 rings (SSSR count). The Labute approximate surface area is 110 Å². The van der Waals surface area contributed by atoms with E-state index >= 15 is 0 Å². The van der Waals surface area contributed by atoms with Gasteiger partial charge in [-0.2, -0.15) is 0 Å². The molecule has 2 unspecified atom stereocenters. The summed E-state index contributed by atoms with van der Waals surface area (Å²) < 4.78 is 5.09. The predicted octanol–water partition coefficient (Wildman–Crippen LogP) is 3.57. The maximum absolute atomic E-state index is 12.1. The van der Waals surface area contributed by atoms with Gasteiger partial charge in [-0.3, -0.25) is 4.79 Å². The lowest BCUT2D eigenvalue weighted by Crippen LogP contribution is -2.53. The van der Waals surface area contributed by atoms with Crippen molar-refractivity contribution in [1.82, 2.24) is 0 Å². The van der Waals surface area contributed by atoms with Crippen LogP contribution in [-0.4, -0.2) is 13.1 Å². The molecule has 18 heavy (non-hydrogen) atoms. The van der Waals surface area contributed by atoms with Crippen LogP contribution in [0.2, 0.25) is 0 Å². The molecular formula is C16H24O2. The van der Waals surface area contributed by atoms with Crippen LogP contribution in [0.3, 0.4) is 0 Å². The predicted molar refractivity (Wildman–Crippen MR) is 70.9 cm³/mol. The van der Waals surface area contributed by atoms with Crippen LogP contribution in [0.1, 0.15) is 45.4 Å². The van der Waals surface area contributed by atoms with E-state index in [2.05, 4.69) is 19.1 Å². The highest BCUT2D eigenvalue weighted by Gasteiger charge is 2.58. The van der Waals surface area contributed by atoms with Crippen molar-refractivity contribution >= 4 is 5.97 Å². The first-order chi connectivity index (χ1) is 8.68. The van der Waals surface area contributed by atoms with Gasteiger partial charge in [0.1, 0.15) is 0 Å². The van der Waals surface area contributed by atoms with Crippen LogP contribution in [0, 0.1) is 29.1 Å². The lowest BCUT2D eigenvalue weighted by Gasteiger charge is -2.58. The number of esters is 1. The Morgan fingerprint density at radius 2 is 1.94 bits per heavy atom. The van der Waals surface area contributed by atoms with Gasteiger partial charge >= 0.3 is 5.97 Å². The minimum atomic E-state index is -0.109. The maximum Gasteiger partial charge on any atom is 0.311 e. The third kappa shape index (κ3) is 1.72. The van der Waals surface area contributed by atoms with Crippen LogP contribution >= 0.6 is 0 Å². The molecule has 0 radical (unpaired) electrons. The number of methoxy groups -OCH3 is 1. The summed E-state index contributed by atoms with van der Waals surface area (Å²) in [5.74, 6) is 3.06. The molecule has 4 aliphatic rings. The number of hydrogen-bond acceptors (Lipinski definition) is 2. The van der Waals surface area contributed by atoms with Gasteiger partial charge in [0.15, 0.2) is 0 Å². The van der Waals surface area contributed by atoms with E-state index in [0.717, 1.165) is 49.4 Å². The molecule has 100 valence electrons. The van der Waals surface area contributed by atoms with Gasteiger partial charge < -0.3 is 4.74 Å². The second kappa shape index (κ2) is 4.40. The summed E-state index contributed by atoms with van der Waals surface area (Å²) in [7, 11) is 1.55. The van der Waals surface area contributed by atoms with Crippen molar-refractivity contribution in [3.05, 3.63) is 12.2 Å². The summed E-state index contributed by atoms with van der Waals surface area (Å²) in [6.07, 6.45) is 11.8. The molecular weight excluding hydrogens is 224 g/mol. The van der Waals surface area contributed by atoms with Crippen LogP contribution in [0.15, 0.2) is 12.2 Å². The molecule has 0 aromatic heterocycles. The standard InChI is InChI=1S/C16H24O2/c1-3-4-5-14-12-6-11-7-13(14)10-16(8-11,9-12)15(17)18-2/h4-5,11-14H,3,6-10H2,1-2H3/b5-4-. The molecule has 2 nitrogen and oxygen atoms in total. The van der Waals surface area contributed by atoms with Crippen molar-refractivity contribution in [2.75, 3.05) is 7.11 Å². The van der Waals surface area contributed by atoms with Gasteiger partial charge in [-0.05, 0) is 62.2 Å². The highest BCUT2D eigenvalue weighted by molar-refractivity contribution is 5.77. The molecule has 0 aromatic carbocycles. The fourth-order valence-corrected chi connectivity index (χ4v) is 5.14. The molecule has 0 amide bonds. The topological polar surface area (TPSA) is 26.3 Å². The van der Waals surface area contributed by atoms with E-state index < -0.39 is 0 Å². The summed E-state index contributed by atoms with van der Waals surface area (Å²) in [6.45, 7) is 2.20. The van der Waals surface area contributed by atoms with Crippen molar-refractivity contribution in [3.63, 3.8) is 0 Å². The molecule has 0 aromatic rings. The Bertz CT molecular complexity index is 355. The van der Waals surface area contributed by atoms with Gasteiger partial charge in [-0.25, -0.2) is 0 Å². The number of allylic oxidation sites excluding steroid dienone is 2. The average Bonchev–Trinajstić information content (AvgIpc) is 2.36. The molecule has 0 N–H and O–H groups in total. The second-order valence-corrected chi connectivity index (χ2v) is 6.66. The number of carbonyl (C=O) groups excluding carboxylic acids is 1. The van der Waals surface area contributed by atoms with E-state index in [0.29, 0.717) is 0 Å². The van der Waals surface area contributed by atoms with Crippen LogP contribution in [-0.2, 0) is 9.53 Å². The molecule has 4 aliphatic carbocycles. The van der Waals surface area contributed by atoms with Crippen molar-refractivity contribution in [2.45, 2.75) is 45.4 Å². The normalized spacial score (nSPS) is 45.7. The van der Waals surface area contributed by atoms with E-state index in [4.69, 9.17) is 4.74 Å². The highest BCUT2D eigenvalue weighted by Crippen LogP contribution is 2.62. The van der Waals surface area contributed by atoms with E-state index in [9.17, 15) is 4.79 Å². The van der Waals surface area contributed by atoms with Crippen LogP contribution in [0.5, 0.6) is 0 Å². The summed E-state index contributed by atoms with van der Waals surface area (Å²) in [5.41, 5.74) is -0.109. The van der Waals surface area contributed by atoms with Crippen molar-refractivity contribution in [1.29, 1.82) is 0 Å². The Morgan fingerprint density at radius 3 is 2.50 bits per heavy atom. The average molecular weight is 248 g/mol. The number of carbonyl (C=O) groups is 1. The van der Waals surface area contributed by atoms with E-state index in [-0.39, 0.29) is 11.4 Å². The largest absolute Gasteiger partial charge is 0.469 e. The first-order valence-electron chi connectivity index (χ1n) is 7.43.